The van der Waals surface area contributed by atoms with Crippen LogP contribution < -0.4 is 0 Å². The van der Waals surface area contributed by atoms with E-state index in [-0.39, 0.29) is 12.5 Å². The number of hydrogen-bond acceptors (Lipinski definition) is 3. The second-order valence-electron chi connectivity index (χ2n) is 4.77. The second-order valence-corrected chi connectivity index (χ2v) is 4.77. The van der Waals surface area contributed by atoms with E-state index in [0.717, 1.165) is 32.2 Å². The lowest BCUT2D eigenvalue weighted by molar-refractivity contribution is -0.132. The maximum atomic E-state index is 12.1. The molecule has 0 saturated carbocycles. The van der Waals surface area contributed by atoms with Crippen molar-refractivity contribution < 1.29 is 9.90 Å². The number of carbonyl (C=O) groups is 1. The first-order valence-corrected chi connectivity index (χ1v) is 6.69. The van der Waals surface area contributed by atoms with Crippen molar-refractivity contribution in [1.82, 2.24) is 14.7 Å². The molecule has 0 aliphatic carbocycles. The third-order valence-electron chi connectivity index (χ3n) is 3.51. The van der Waals surface area contributed by atoms with E-state index in [9.17, 15) is 4.79 Å². The third kappa shape index (κ3) is 3.32. The van der Waals surface area contributed by atoms with Crippen LogP contribution in [0.15, 0.2) is 18.5 Å². The maximum absolute atomic E-state index is 12.1. The first kappa shape index (κ1) is 13.1. The molecule has 0 bridgehead atoms. The predicted molar refractivity (Wildman–Crippen MR) is 67.9 cm³/mol. The fraction of sp³-hybridized carbons (Fsp3) is 0.692. The van der Waals surface area contributed by atoms with E-state index in [0.29, 0.717) is 19.0 Å². The summed E-state index contributed by atoms with van der Waals surface area (Å²) in [5, 5.41) is 13.0. The van der Waals surface area contributed by atoms with E-state index in [1.54, 1.807) is 10.9 Å². The third-order valence-corrected chi connectivity index (χ3v) is 3.51. The summed E-state index contributed by atoms with van der Waals surface area (Å²) in [5.41, 5.74) is 0. The molecule has 0 spiro atoms. The van der Waals surface area contributed by atoms with E-state index in [2.05, 4.69) is 5.10 Å². The zero-order valence-electron chi connectivity index (χ0n) is 10.7. The van der Waals surface area contributed by atoms with Crippen LogP contribution in [0.4, 0.5) is 0 Å². The summed E-state index contributed by atoms with van der Waals surface area (Å²) in [5.74, 6) is 0.214. The molecule has 5 heteroatoms. The van der Waals surface area contributed by atoms with Gasteiger partial charge in [0.15, 0.2) is 0 Å². The van der Waals surface area contributed by atoms with Crippen LogP contribution >= 0.6 is 0 Å². The van der Waals surface area contributed by atoms with Gasteiger partial charge in [0.25, 0.3) is 0 Å². The lowest BCUT2D eigenvalue weighted by Gasteiger charge is -2.24. The number of rotatable bonds is 6. The van der Waals surface area contributed by atoms with E-state index in [4.69, 9.17) is 5.11 Å². The van der Waals surface area contributed by atoms with Crippen molar-refractivity contribution in [3.05, 3.63) is 18.5 Å². The first-order valence-electron chi connectivity index (χ1n) is 6.69. The quantitative estimate of drug-likeness (QED) is 0.821. The molecule has 0 radical (unpaired) electrons. The molecule has 1 aliphatic heterocycles. The maximum Gasteiger partial charge on any atom is 0.224 e. The molecule has 1 unspecified atom stereocenters. The Hall–Kier alpha value is -1.36. The zero-order valence-corrected chi connectivity index (χ0v) is 10.7. The van der Waals surface area contributed by atoms with Crippen molar-refractivity contribution in [2.24, 2.45) is 0 Å². The molecule has 2 heterocycles. The van der Waals surface area contributed by atoms with Crippen LogP contribution in [0.3, 0.4) is 0 Å². The van der Waals surface area contributed by atoms with Crippen molar-refractivity contribution in [1.29, 1.82) is 0 Å². The summed E-state index contributed by atoms with van der Waals surface area (Å²) in [4.78, 5) is 14.1. The highest BCUT2D eigenvalue weighted by Gasteiger charge is 2.27. The van der Waals surface area contributed by atoms with Gasteiger partial charge in [0.2, 0.25) is 5.91 Å². The molecular formula is C13H21N3O2. The second kappa shape index (κ2) is 6.54. The minimum atomic E-state index is 0.214. The molecule has 1 aliphatic rings. The average molecular weight is 251 g/mol. The standard InChI is InChI=1S/C13H21N3O2/c17-11-2-5-12-4-1-9-16(12)13(18)6-10-15-8-3-7-14-15/h3,7-8,12,17H,1-2,4-6,9-11H2. The number of amides is 1. The molecular weight excluding hydrogens is 230 g/mol. The average Bonchev–Trinajstić information content (AvgIpc) is 3.04. The van der Waals surface area contributed by atoms with Crippen LogP contribution in [0.5, 0.6) is 0 Å². The van der Waals surface area contributed by atoms with Crippen molar-refractivity contribution in [2.45, 2.75) is 44.7 Å². The van der Waals surface area contributed by atoms with Gasteiger partial charge in [-0.25, -0.2) is 0 Å². The number of aliphatic hydroxyl groups excluding tert-OH is 1. The van der Waals surface area contributed by atoms with Gasteiger partial charge in [-0.2, -0.15) is 5.10 Å². The van der Waals surface area contributed by atoms with Gasteiger partial charge in [-0.3, -0.25) is 9.48 Å². The van der Waals surface area contributed by atoms with Crippen LogP contribution in [0, 0.1) is 0 Å². The Morgan fingerprint density at radius 3 is 3.11 bits per heavy atom. The van der Waals surface area contributed by atoms with Gasteiger partial charge in [-0.15, -0.1) is 0 Å². The molecule has 1 N–H and O–H groups in total. The largest absolute Gasteiger partial charge is 0.396 e. The Morgan fingerprint density at radius 1 is 1.50 bits per heavy atom. The Bertz CT molecular complexity index is 364. The van der Waals surface area contributed by atoms with E-state index in [1.165, 1.54) is 0 Å². The van der Waals surface area contributed by atoms with E-state index >= 15 is 0 Å². The molecule has 100 valence electrons. The summed E-state index contributed by atoms with van der Waals surface area (Å²) < 4.78 is 1.79. The van der Waals surface area contributed by atoms with Crippen molar-refractivity contribution in [3.63, 3.8) is 0 Å². The van der Waals surface area contributed by atoms with E-state index in [1.807, 2.05) is 17.2 Å². The molecule has 1 fully saturated rings. The Morgan fingerprint density at radius 2 is 2.39 bits per heavy atom. The molecule has 5 nitrogen and oxygen atoms in total. The molecule has 1 saturated heterocycles. The number of carbonyl (C=O) groups excluding carboxylic acids is 1. The normalized spacial score (nSPS) is 19.4. The SMILES string of the molecule is O=C(CCn1cccn1)N1CCCC1CCCO. The van der Waals surface area contributed by atoms with Crippen LogP contribution in [-0.4, -0.2) is 44.9 Å². The number of aromatic nitrogens is 2. The Kier molecular flexibility index (Phi) is 4.75. The highest BCUT2D eigenvalue weighted by molar-refractivity contribution is 5.76. The summed E-state index contributed by atoms with van der Waals surface area (Å²) in [6, 6.07) is 2.20. The van der Waals surface area contributed by atoms with Crippen molar-refractivity contribution in [3.8, 4) is 0 Å². The predicted octanol–water partition coefficient (Wildman–Crippen LogP) is 1.04. The van der Waals surface area contributed by atoms with Gasteiger partial charge in [0.1, 0.15) is 0 Å². The van der Waals surface area contributed by atoms with Gasteiger partial charge in [-0.1, -0.05) is 0 Å². The number of aryl methyl sites for hydroxylation is 1. The van der Waals surface area contributed by atoms with Crippen LogP contribution in [0.2, 0.25) is 0 Å². The zero-order chi connectivity index (χ0) is 12.8. The summed E-state index contributed by atoms with van der Waals surface area (Å²) in [6.45, 7) is 1.73. The minimum absolute atomic E-state index is 0.214. The number of aliphatic hydroxyl groups is 1. The topological polar surface area (TPSA) is 58.4 Å². The van der Waals surface area contributed by atoms with Gasteiger partial charge in [0, 0.05) is 44.6 Å². The van der Waals surface area contributed by atoms with Gasteiger partial charge in [0.05, 0.1) is 0 Å². The lowest BCUT2D eigenvalue weighted by atomic mass is 10.1. The highest BCUT2D eigenvalue weighted by Crippen LogP contribution is 2.22. The highest BCUT2D eigenvalue weighted by atomic mass is 16.3. The number of likely N-dealkylation sites (tertiary alicyclic amines) is 1. The number of hydrogen-bond donors (Lipinski definition) is 1. The fourth-order valence-electron chi connectivity index (χ4n) is 2.58. The molecule has 1 aromatic rings. The Labute approximate surface area is 107 Å². The van der Waals surface area contributed by atoms with Gasteiger partial charge in [-0.05, 0) is 31.7 Å². The Balaban J connectivity index is 1.80. The molecule has 18 heavy (non-hydrogen) atoms. The summed E-state index contributed by atoms with van der Waals surface area (Å²) in [7, 11) is 0. The molecule has 1 amide bonds. The van der Waals surface area contributed by atoms with Crippen LogP contribution in [0.25, 0.3) is 0 Å². The minimum Gasteiger partial charge on any atom is -0.396 e. The summed E-state index contributed by atoms with van der Waals surface area (Å²) >= 11 is 0. The first-order chi connectivity index (χ1) is 8.81. The van der Waals surface area contributed by atoms with E-state index < -0.39 is 0 Å². The smallest absolute Gasteiger partial charge is 0.224 e. The lowest BCUT2D eigenvalue weighted by Crippen LogP contribution is -2.36. The molecule has 1 aromatic heterocycles. The van der Waals surface area contributed by atoms with Crippen molar-refractivity contribution in [2.75, 3.05) is 13.2 Å². The van der Waals surface area contributed by atoms with Crippen LogP contribution in [-0.2, 0) is 11.3 Å². The number of nitrogens with zero attached hydrogens (tertiary/aromatic N) is 3. The summed E-state index contributed by atoms with van der Waals surface area (Å²) in [6.07, 6.45) is 7.98. The monoisotopic (exact) mass is 251 g/mol. The van der Waals surface area contributed by atoms with Crippen molar-refractivity contribution >= 4 is 5.91 Å². The van der Waals surface area contributed by atoms with Gasteiger partial charge < -0.3 is 10.0 Å². The van der Waals surface area contributed by atoms with Gasteiger partial charge >= 0.3 is 0 Å². The molecule has 0 aromatic carbocycles. The molecule has 1 atom stereocenters. The molecule has 2 rings (SSSR count). The fourth-order valence-corrected chi connectivity index (χ4v) is 2.58. The van der Waals surface area contributed by atoms with Crippen LogP contribution in [0.1, 0.15) is 32.1 Å².